The van der Waals surface area contributed by atoms with E-state index in [-0.39, 0.29) is 18.9 Å². The maximum atomic E-state index is 11.7. The standard InChI is InChI=1S/C15H18N4O3/c1-9(20)17-8-14(21)19-13(15(16)22)6-10-7-18-12-5-3-2-4-11(10)12/h2-5,7,13,18H,6,8H2,1H3,(H2,16,22)(H,17,20)(H,19,21)/t13-/m0/s1. The molecule has 0 aliphatic heterocycles. The summed E-state index contributed by atoms with van der Waals surface area (Å²) in [5, 5.41) is 5.88. The van der Waals surface area contributed by atoms with E-state index < -0.39 is 17.9 Å². The molecule has 0 fully saturated rings. The summed E-state index contributed by atoms with van der Waals surface area (Å²) in [5.41, 5.74) is 7.19. The summed E-state index contributed by atoms with van der Waals surface area (Å²) in [5.74, 6) is -1.40. The number of carbonyl (C=O) groups is 3. The summed E-state index contributed by atoms with van der Waals surface area (Å²) < 4.78 is 0. The Balaban J connectivity index is 2.07. The van der Waals surface area contributed by atoms with Crippen molar-refractivity contribution in [2.45, 2.75) is 19.4 Å². The number of hydrogen-bond acceptors (Lipinski definition) is 3. The van der Waals surface area contributed by atoms with Crippen LogP contribution in [0.2, 0.25) is 0 Å². The van der Waals surface area contributed by atoms with Crippen LogP contribution in [0.1, 0.15) is 12.5 Å². The molecule has 7 nitrogen and oxygen atoms in total. The van der Waals surface area contributed by atoms with Crippen LogP contribution >= 0.6 is 0 Å². The normalized spacial score (nSPS) is 11.9. The Hall–Kier alpha value is -2.83. The zero-order valence-electron chi connectivity index (χ0n) is 12.2. The van der Waals surface area contributed by atoms with Crippen LogP contribution in [-0.4, -0.2) is 35.3 Å². The zero-order valence-corrected chi connectivity index (χ0v) is 12.2. The van der Waals surface area contributed by atoms with E-state index in [1.165, 1.54) is 6.92 Å². The first-order valence-corrected chi connectivity index (χ1v) is 6.85. The minimum Gasteiger partial charge on any atom is -0.368 e. The number of benzene rings is 1. The van der Waals surface area contributed by atoms with Crippen molar-refractivity contribution < 1.29 is 14.4 Å². The molecule has 0 saturated heterocycles. The third-order valence-electron chi connectivity index (χ3n) is 3.28. The van der Waals surface area contributed by atoms with Crippen molar-refractivity contribution in [1.29, 1.82) is 0 Å². The number of carbonyl (C=O) groups excluding carboxylic acids is 3. The molecule has 0 radical (unpaired) electrons. The Morgan fingerprint density at radius 1 is 1.27 bits per heavy atom. The van der Waals surface area contributed by atoms with Gasteiger partial charge in [-0.1, -0.05) is 18.2 Å². The third kappa shape index (κ3) is 3.85. The predicted molar refractivity (Wildman–Crippen MR) is 81.8 cm³/mol. The second kappa shape index (κ2) is 6.75. The molecule has 0 spiro atoms. The van der Waals surface area contributed by atoms with Crippen molar-refractivity contribution in [2.24, 2.45) is 5.73 Å². The monoisotopic (exact) mass is 302 g/mol. The lowest BCUT2D eigenvalue weighted by molar-refractivity contribution is -0.128. The van der Waals surface area contributed by atoms with E-state index in [2.05, 4.69) is 15.6 Å². The molecule has 1 aromatic carbocycles. The number of rotatable bonds is 6. The molecule has 0 aliphatic carbocycles. The molecule has 1 heterocycles. The first kappa shape index (κ1) is 15.6. The number of H-pyrrole nitrogens is 1. The van der Waals surface area contributed by atoms with Gasteiger partial charge in [-0.15, -0.1) is 0 Å². The minimum absolute atomic E-state index is 0.188. The van der Waals surface area contributed by atoms with Gasteiger partial charge in [0.2, 0.25) is 17.7 Å². The highest BCUT2D eigenvalue weighted by molar-refractivity contribution is 5.90. The summed E-state index contributed by atoms with van der Waals surface area (Å²) in [6.07, 6.45) is 2.08. The highest BCUT2D eigenvalue weighted by Crippen LogP contribution is 2.18. The second-order valence-corrected chi connectivity index (χ2v) is 5.00. The highest BCUT2D eigenvalue weighted by Gasteiger charge is 2.20. The van der Waals surface area contributed by atoms with Crippen molar-refractivity contribution in [3.8, 4) is 0 Å². The lowest BCUT2D eigenvalue weighted by Gasteiger charge is -2.15. The van der Waals surface area contributed by atoms with Gasteiger partial charge >= 0.3 is 0 Å². The molecule has 116 valence electrons. The van der Waals surface area contributed by atoms with Crippen molar-refractivity contribution >= 4 is 28.6 Å². The van der Waals surface area contributed by atoms with Crippen LogP contribution in [0.3, 0.4) is 0 Å². The van der Waals surface area contributed by atoms with E-state index in [1.807, 2.05) is 24.3 Å². The van der Waals surface area contributed by atoms with Crippen LogP contribution in [0.4, 0.5) is 0 Å². The summed E-state index contributed by atoms with van der Waals surface area (Å²) in [6.45, 7) is 1.12. The average Bonchev–Trinajstić information content (AvgIpc) is 2.87. The van der Waals surface area contributed by atoms with Crippen molar-refractivity contribution in [2.75, 3.05) is 6.54 Å². The van der Waals surface area contributed by atoms with Gasteiger partial charge in [0.25, 0.3) is 0 Å². The van der Waals surface area contributed by atoms with Gasteiger partial charge in [-0.3, -0.25) is 14.4 Å². The van der Waals surface area contributed by atoms with E-state index in [9.17, 15) is 14.4 Å². The Morgan fingerprint density at radius 2 is 2.00 bits per heavy atom. The smallest absolute Gasteiger partial charge is 0.240 e. The fourth-order valence-electron chi connectivity index (χ4n) is 2.19. The Bertz CT molecular complexity index is 708. The van der Waals surface area contributed by atoms with E-state index in [1.54, 1.807) is 6.20 Å². The lowest BCUT2D eigenvalue weighted by atomic mass is 10.0. The molecule has 7 heteroatoms. The summed E-state index contributed by atoms with van der Waals surface area (Å²) in [4.78, 5) is 37.1. The summed E-state index contributed by atoms with van der Waals surface area (Å²) >= 11 is 0. The van der Waals surface area contributed by atoms with E-state index in [4.69, 9.17) is 5.73 Å². The van der Waals surface area contributed by atoms with Crippen molar-refractivity contribution in [1.82, 2.24) is 15.6 Å². The van der Waals surface area contributed by atoms with Gasteiger partial charge in [0.1, 0.15) is 6.04 Å². The highest BCUT2D eigenvalue weighted by atomic mass is 16.2. The molecule has 22 heavy (non-hydrogen) atoms. The van der Waals surface area contributed by atoms with Crippen LogP contribution in [0, 0.1) is 0 Å². The van der Waals surface area contributed by atoms with Gasteiger partial charge < -0.3 is 21.4 Å². The quantitative estimate of drug-likeness (QED) is 0.592. The number of nitrogens with one attached hydrogen (secondary N) is 3. The van der Waals surface area contributed by atoms with Gasteiger partial charge in [-0.05, 0) is 11.6 Å². The van der Waals surface area contributed by atoms with Crippen LogP contribution in [0.25, 0.3) is 10.9 Å². The molecule has 5 N–H and O–H groups in total. The lowest BCUT2D eigenvalue weighted by Crippen LogP contribution is -2.48. The number of primary amides is 1. The zero-order chi connectivity index (χ0) is 16.1. The summed E-state index contributed by atoms with van der Waals surface area (Å²) in [7, 11) is 0. The van der Waals surface area contributed by atoms with Crippen LogP contribution in [0.15, 0.2) is 30.5 Å². The van der Waals surface area contributed by atoms with E-state index >= 15 is 0 Å². The van der Waals surface area contributed by atoms with Crippen LogP contribution < -0.4 is 16.4 Å². The molecule has 0 bridgehead atoms. The predicted octanol–water partition coefficient (Wildman–Crippen LogP) is -0.183. The maximum absolute atomic E-state index is 11.7. The SMILES string of the molecule is CC(=O)NCC(=O)N[C@@H](Cc1c[nH]c2ccccc12)C(N)=O. The molecule has 2 aromatic rings. The molecule has 1 aromatic heterocycles. The third-order valence-corrected chi connectivity index (χ3v) is 3.28. The number of hydrogen-bond donors (Lipinski definition) is 4. The largest absolute Gasteiger partial charge is 0.368 e. The fourth-order valence-corrected chi connectivity index (χ4v) is 2.19. The Labute approximate surface area is 127 Å². The van der Waals surface area contributed by atoms with E-state index in [0.717, 1.165) is 16.5 Å². The molecule has 1 atom stereocenters. The van der Waals surface area contributed by atoms with Crippen molar-refractivity contribution in [3.63, 3.8) is 0 Å². The average molecular weight is 302 g/mol. The number of fused-ring (bicyclic) bond motifs is 1. The van der Waals surface area contributed by atoms with Crippen molar-refractivity contribution in [3.05, 3.63) is 36.0 Å². The first-order valence-electron chi connectivity index (χ1n) is 6.85. The topological polar surface area (TPSA) is 117 Å². The first-order chi connectivity index (χ1) is 10.5. The number of aromatic nitrogens is 1. The van der Waals surface area contributed by atoms with Gasteiger partial charge in [0, 0.05) is 30.4 Å². The van der Waals surface area contributed by atoms with Gasteiger partial charge in [-0.2, -0.15) is 0 Å². The van der Waals surface area contributed by atoms with Crippen LogP contribution in [0.5, 0.6) is 0 Å². The van der Waals surface area contributed by atoms with E-state index in [0.29, 0.717) is 0 Å². The molecule has 3 amide bonds. The minimum atomic E-state index is -0.833. The van der Waals surface area contributed by atoms with Gasteiger partial charge in [-0.25, -0.2) is 0 Å². The molecule has 0 unspecified atom stereocenters. The number of amides is 3. The molecular formula is C15H18N4O3. The molecular weight excluding hydrogens is 284 g/mol. The summed E-state index contributed by atoms with van der Waals surface area (Å²) in [6, 6.07) is 6.82. The van der Waals surface area contributed by atoms with Gasteiger partial charge in [0.15, 0.2) is 0 Å². The molecule has 2 rings (SSSR count). The number of para-hydroxylation sites is 1. The Morgan fingerprint density at radius 3 is 2.68 bits per heavy atom. The van der Waals surface area contributed by atoms with Gasteiger partial charge in [0.05, 0.1) is 6.54 Å². The second-order valence-electron chi connectivity index (χ2n) is 5.00. The molecule has 0 aliphatic rings. The molecule has 0 saturated carbocycles. The van der Waals surface area contributed by atoms with Crippen LogP contribution in [-0.2, 0) is 20.8 Å². The number of nitrogens with two attached hydrogens (primary N) is 1. The number of aromatic amines is 1. The maximum Gasteiger partial charge on any atom is 0.240 e. The fraction of sp³-hybridized carbons (Fsp3) is 0.267. The Kier molecular flexibility index (Phi) is 4.77.